The SMILES string of the molecule is CCC(C)(C)Nc1cc(C)c(C(C)=O)c(NC(C)(C)CC)n1. The van der Waals surface area contributed by atoms with Gasteiger partial charge in [-0.3, -0.25) is 4.79 Å². The summed E-state index contributed by atoms with van der Waals surface area (Å²) in [6.07, 6.45) is 1.94. The summed E-state index contributed by atoms with van der Waals surface area (Å²) < 4.78 is 0. The van der Waals surface area contributed by atoms with Crippen molar-refractivity contribution in [1.29, 1.82) is 0 Å². The molecule has 0 unspecified atom stereocenters. The summed E-state index contributed by atoms with van der Waals surface area (Å²) in [5, 5.41) is 6.89. The van der Waals surface area contributed by atoms with Crippen molar-refractivity contribution in [3.63, 3.8) is 0 Å². The van der Waals surface area contributed by atoms with Gasteiger partial charge in [-0.05, 0) is 66.0 Å². The highest BCUT2D eigenvalue weighted by Gasteiger charge is 2.22. The van der Waals surface area contributed by atoms with Crippen molar-refractivity contribution < 1.29 is 4.79 Å². The zero-order valence-electron chi connectivity index (χ0n) is 15.3. The standard InChI is InChI=1S/C18H31N3O/c1-9-17(5,6)20-14-11-12(3)15(13(4)22)16(19-14)21-18(7,8)10-2/h11H,9-10H2,1-8H3,(H2,19,20,21). The molecule has 0 bridgehead atoms. The number of rotatable bonds is 7. The molecule has 124 valence electrons. The summed E-state index contributed by atoms with van der Waals surface area (Å²) in [6.45, 7) is 16.3. The van der Waals surface area contributed by atoms with Crippen LogP contribution in [0.3, 0.4) is 0 Å². The molecule has 0 aromatic carbocycles. The molecule has 0 atom stereocenters. The molecule has 1 heterocycles. The van der Waals surface area contributed by atoms with E-state index >= 15 is 0 Å². The van der Waals surface area contributed by atoms with Gasteiger partial charge in [-0.2, -0.15) is 0 Å². The van der Waals surface area contributed by atoms with Crippen LogP contribution in [0.5, 0.6) is 0 Å². The first kappa shape index (κ1) is 18.5. The van der Waals surface area contributed by atoms with Crippen LogP contribution in [0.15, 0.2) is 6.07 Å². The normalized spacial score (nSPS) is 12.2. The fourth-order valence-corrected chi connectivity index (χ4v) is 2.12. The van der Waals surface area contributed by atoms with E-state index in [-0.39, 0.29) is 16.9 Å². The Morgan fingerprint density at radius 2 is 1.59 bits per heavy atom. The summed E-state index contributed by atoms with van der Waals surface area (Å²) in [7, 11) is 0. The number of hydrogen-bond donors (Lipinski definition) is 2. The van der Waals surface area contributed by atoms with Crippen LogP contribution in [0.2, 0.25) is 0 Å². The summed E-state index contributed by atoms with van der Waals surface area (Å²) in [5.41, 5.74) is 1.49. The molecule has 0 amide bonds. The topological polar surface area (TPSA) is 54.0 Å². The van der Waals surface area contributed by atoms with E-state index in [1.165, 1.54) is 0 Å². The minimum Gasteiger partial charge on any atom is -0.365 e. The summed E-state index contributed by atoms with van der Waals surface area (Å²) in [5.74, 6) is 1.53. The first-order valence-corrected chi connectivity index (χ1v) is 8.10. The molecule has 0 aliphatic heterocycles. The van der Waals surface area contributed by atoms with Crippen LogP contribution in [0.25, 0.3) is 0 Å². The minimum absolute atomic E-state index is 0.0330. The van der Waals surface area contributed by atoms with Gasteiger partial charge < -0.3 is 10.6 Å². The van der Waals surface area contributed by atoms with E-state index in [1.807, 2.05) is 13.0 Å². The lowest BCUT2D eigenvalue weighted by molar-refractivity contribution is 0.101. The van der Waals surface area contributed by atoms with Crippen LogP contribution in [-0.4, -0.2) is 21.8 Å². The van der Waals surface area contributed by atoms with Crippen molar-refractivity contribution >= 4 is 17.4 Å². The smallest absolute Gasteiger partial charge is 0.163 e. The molecule has 0 fully saturated rings. The van der Waals surface area contributed by atoms with Crippen LogP contribution in [0.1, 0.15) is 77.2 Å². The maximum absolute atomic E-state index is 12.0. The predicted octanol–water partition coefficient (Wildman–Crippen LogP) is 4.79. The van der Waals surface area contributed by atoms with Crippen LogP contribution in [0.4, 0.5) is 11.6 Å². The summed E-state index contributed by atoms with van der Waals surface area (Å²) >= 11 is 0. The second-order valence-electron chi connectivity index (χ2n) is 7.33. The Balaban J connectivity index is 3.31. The number of aryl methyl sites for hydroxylation is 1. The quantitative estimate of drug-likeness (QED) is 0.711. The van der Waals surface area contributed by atoms with Gasteiger partial charge in [-0.15, -0.1) is 0 Å². The van der Waals surface area contributed by atoms with Crippen LogP contribution >= 0.6 is 0 Å². The maximum Gasteiger partial charge on any atom is 0.163 e. The number of nitrogens with zero attached hydrogens (tertiary/aromatic N) is 1. The fourth-order valence-electron chi connectivity index (χ4n) is 2.12. The van der Waals surface area contributed by atoms with Gasteiger partial charge in [0.25, 0.3) is 0 Å². The Labute approximate surface area is 135 Å². The largest absolute Gasteiger partial charge is 0.365 e. The van der Waals surface area contributed by atoms with E-state index in [4.69, 9.17) is 0 Å². The van der Waals surface area contributed by atoms with Gasteiger partial charge in [0, 0.05) is 11.1 Å². The highest BCUT2D eigenvalue weighted by atomic mass is 16.1. The van der Waals surface area contributed by atoms with Crippen molar-refractivity contribution in [3.05, 3.63) is 17.2 Å². The highest BCUT2D eigenvalue weighted by molar-refractivity contribution is 6.00. The molecule has 1 aromatic heterocycles. The van der Waals surface area contributed by atoms with Crippen molar-refractivity contribution in [3.8, 4) is 0 Å². The maximum atomic E-state index is 12.0. The van der Waals surface area contributed by atoms with E-state index in [0.29, 0.717) is 11.4 Å². The zero-order valence-corrected chi connectivity index (χ0v) is 15.3. The predicted molar refractivity (Wildman–Crippen MR) is 95.0 cm³/mol. The molecule has 1 aromatic rings. The van der Waals surface area contributed by atoms with Crippen molar-refractivity contribution in [1.82, 2.24) is 4.98 Å². The lowest BCUT2D eigenvalue weighted by Gasteiger charge is -2.29. The number of carbonyl (C=O) groups is 1. The molecule has 22 heavy (non-hydrogen) atoms. The lowest BCUT2D eigenvalue weighted by Crippen LogP contribution is -2.33. The first-order chi connectivity index (χ1) is 10.0. The molecule has 1 rings (SSSR count). The third-order valence-corrected chi connectivity index (χ3v) is 4.26. The van der Waals surface area contributed by atoms with Gasteiger partial charge >= 0.3 is 0 Å². The molecule has 0 aliphatic rings. The summed E-state index contributed by atoms with van der Waals surface area (Å²) in [4.78, 5) is 16.7. The fraction of sp³-hybridized carbons (Fsp3) is 0.667. The number of pyridine rings is 1. The van der Waals surface area contributed by atoms with Gasteiger partial charge in [0.1, 0.15) is 11.6 Å². The minimum atomic E-state index is -0.109. The molecular weight excluding hydrogens is 274 g/mol. The molecule has 0 saturated carbocycles. The van der Waals surface area contributed by atoms with Crippen LogP contribution in [-0.2, 0) is 0 Å². The van der Waals surface area contributed by atoms with E-state index in [0.717, 1.165) is 24.2 Å². The number of Topliss-reactive ketones (excluding diaryl/α,β-unsaturated/α-hetero) is 1. The number of hydrogen-bond acceptors (Lipinski definition) is 4. The molecule has 0 aliphatic carbocycles. The zero-order chi connectivity index (χ0) is 17.1. The molecule has 0 spiro atoms. The number of nitrogens with one attached hydrogen (secondary N) is 2. The molecule has 4 heteroatoms. The third kappa shape index (κ3) is 4.72. The Morgan fingerprint density at radius 1 is 1.09 bits per heavy atom. The monoisotopic (exact) mass is 305 g/mol. The van der Waals surface area contributed by atoms with Crippen molar-refractivity contribution in [2.24, 2.45) is 0 Å². The number of ketones is 1. The lowest BCUT2D eigenvalue weighted by atomic mass is 9.99. The van der Waals surface area contributed by atoms with E-state index in [9.17, 15) is 4.79 Å². The molecule has 4 nitrogen and oxygen atoms in total. The number of anilines is 2. The van der Waals surface area contributed by atoms with Crippen LogP contribution in [0, 0.1) is 6.92 Å². The van der Waals surface area contributed by atoms with Gasteiger partial charge in [0.15, 0.2) is 5.78 Å². The van der Waals surface area contributed by atoms with E-state index in [1.54, 1.807) is 6.92 Å². The molecule has 2 N–H and O–H groups in total. The summed E-state index contributed by atoms with van der Waals surface area (Å²) in [6, 6.07) is 1.96. The van der Waals surface area contributed by atoms with Gasteiger partial charge in [0.2, 0.25) is 0 Å². The Hall–Kier alpha value is -1.58. The average molecular weight is 305 g/mol. The van der Waals surface area contributed by atoms with Crippen molar-refractivity contribution in [2.75, 3.05) is 10.6 Å². The van der Waals surface area contributed by atoms with Gasteiger partial charge in [-0.25, -0.2) is 4.98 Å². The second-order valence-corrected chi connectivity index (χ2v) is 7.33. The first-order valence-electron chi connectivity index (χ1n) is 8.10. The molecule has 0 radical (unpaired) electrons. The van der Waals surface area contributed by atoms with Crippen LogP contribution < -0.4 is 10.6 Å². The number of aromatic nitrogens is 1. The Bertz CT molecular complexity index is 548. The van der Waals surface area contributed by atoms with E-state index in [2.05, 4.69) is 57.2 Å². The average Bonchev–Trinajstić information content (AvgIpc) is 2.36. The second kappa shape index (κ2) is 6.67. The van der Waals surface area contributed by atoms with Crippen molar-refractivity contribution in [2.45, 2.75) is 79.3 Å². The Morgan fingerprint density at radius 3 is 2.05 bits per heavy atom. The number of carbonyl (C=O) groups excluding carboxylic acids is 1. The van der Waals surface area contributed by atoms with Gasteiger partial charge in [-0.1, -0.05) is 13.8 Å². The van der Waals surface area contributed by atoms with E-state index < -0.39 is 0 Å². The third-order valence-electron chi connectivity index (χ3n) is 4.26. The molecular formula is C18H31N3O. The Kier molecular flexibility index (Phi) is 5.60. The molecule has 0 saturated heterocycles. The highest BCUT2D eigenvalue weighted by Crippen LogP contribution is 2.27. The van der Waals surface area contributed by atoms with Gasteiger partial charge in [0.05, 0.1) is 5.56 Å².